The van der Waals surface area contributed by atoms with Gasteiger partial charge >= 0.3 is 11.9 Å². The van der Waals surface area contributed by atoms with Gasteiger partial charge in [-0.3, -0.25) is 14.4 Å². The number of ether oxygens (including phenoxy) is 1. The van der Waals surface area contributed by atoms with E-state index < -0.39 is 11.4 Å². The summed E-state index contributed by atoms with van der Waals surface area (Å²) in [6, 6.07) is 1.81. The molecule has 12 unspecified atom stereocenters. The van der Waals surface area contributed by atoms with Crippen LogP contribution in [0.5, 0.6) is 11.5 Å². The predicted octanol–water partition coefficient (Wildman–Crippen LogP) is 11.1. The number of Topliss-reactive ketones (excluding diaryl/α,β-unsaturated/α-hetero) is 1. The van der Waals surface area contributed by atoms with Gasteiger partial charge in [0.1, 0.15) is 11.9 Å². The van der Waals surface area contributed by atoms with Gasteiger partial charge in [0.05, 0.1) is 5.41 Å². The highest BCUT2D eigenvalue weighted by atomic mass is 16.5. The van der Waals surface area contributed by atoms with Crippen molar-refractivity contribution in [3.05, 3.63) is 46.1 Å². The lowest BCUT2D eigenvalue weighted by Gasteiger charge is -2.69. The molecule has 9 rings (SSSR count). The first-order valence-corrected chi connectivity index (χ1v) is 22.5. The van der Waals surface area contributed by atoms with Crippen molar-refractivity contribution in [3.8, 4) is 11.5 Å². The number of aliphatic carboxylic acids is 1. The minimum absolute atomic E-state index is 0.00431. The number of carboxylic acid groups (broad SMARTS) is 1. The largest absolute Gasteiger partial charge is 0.504 e. The van der Waals surface area contributed by atoms with Crippen molar-refractivity contribution in [2.24, 2.45) is 56.2 Å². The molecule has 0 amide bonds. The number of carbonyl (C=O) groups excluding carboxylic acids is 2. The second kappa shape index (κ2) is 13.2. The summed E-state index contributed by atoms with van der Waals surface area (Å²) >= 11 is 0. The van der Waals surface area contributed by atoms with Crippen molar-refractivity contribution in [1.82, 2.24) is 0 Å². The van der Waals surface area contributed by atoms with Gasteiger partial charge in [-0.15, -0.1) is 0 Å². The van der Waals surface area contributed by atoms with E-state index in [4.69, 9.17) is 4.74 Å². The number of allylic oxidation sites excluding steroid dienone is 3. The molecule has 6 fully saturated rings. The van der Waals surface area contributed by atoms with Crippen molar-refractivity contribution in [1.29, 1.82) is 0 Å². The number of hydrogen-bond donors (Lipinski definition) is 3. The predicted molar refractivity (Wildman–Crippen MR) is 222 cm³/mol. The van der Waals surface area contributed by atoms with Crippen molar-refractivity contribution < 1.29 is 34.4 Å². The number of ketones is 1. The van der Waals surface area contributed by atoms with E-state index in [1.807, 2.05) is 19.9 Å². The molecule has 0 radical (unpaired) electrons. The second-order valence-electron chi connectivity index (χ2n) is 22.2. The average Bonchev–Trinajstić information content (AvgIpc) is 3.46. The molecule has 0 aromatic heterocycles. The number of carboxylic acids is 1. The van der Waals surface area contributed by atoms with Crippen LogP contribution in [-0.2, 0) is 31.0 Å². The molecule has 1 aromatic rings. The normalized spacial score (nSPS) is 45.4. The molecule has 8 aliphatic carbocycles. The number of aromatic hydroxyl groups is 2. The molecular weight excluding hydrogens is 713 g/mol. The maximum Gasteiger partial charge on any atom is 0.309 e. The Morgan fingerprint density at radius 2 is 1.51 bits per heavy atom. The Bertz CT molecular complexity index is 1960. The number of carbonyl (C=O) groups is 3. The van der Waals surface area contributed by atoms with Crippen LogP contribution in [0.1, 0.15) is 168 Å². The van der Waals surface area contributed by atoms with Gasteiger partial charge in [-0.2, -0.15) is 0 Å². The number of esters is 1. The minimum atomic E-state index is -0.641. The van der Waals surface area contributed by atoms with Crippen LogP contribution >= 0.6 is 0 Å². The monoisotopic (exact) mass is 783 g/mol. The zero-order valence-electron chi connectivity index (χ0n) is 36.4. The lowest BCUT2D eigenvalue weighted by molar-refractivity contribution is -0.177. The number of rotatable bonds is 2. The van der Waals surface area contributed by atoms with Gasteiger partial charge in [-0.1, -0.05) is 64.8 Å². The summed E-state index contributed by atoms with van der Waals surface area (Å²) in [6.45, 7) is 19.7. The molecule has 7 heteroatoms. The maximum atomic E-state index is 12.4. The summed E-state index contributed by atoms with van der Waals surface area (Å²) in [7, 11) is 0. The third-order valence-electron chi connectivity index (χ3n) is 19.7. The Kier molecular flexibility index (Phi) is 9.42. The molecule has 8 aliphatic rings. The highest BCUT2D eigenvalue weighted by Gasteiger charge is 2.67. The quantitative estimate of drug-likeness (QED) is 0.155. The Balaban J connectivity index is 0.000000168. The topological polar surface area (TPSA) is 121 Å². The molecule has 0 saturated heterocycles. The average molecular weight is 783 g/mol. The maximum absolute atomic E-state index is 12.4. The Morgan fingerprint density at radius 3 is 2.21 bits per heavy atom. The van der Waals surface area contributed by atoms with Crippen LogP contribution in [0.25, 0.3) is 0 Å². The Labute approximate surface area is 341 Å². The van der Waals surface area contributed by atoms with Crippen LogP contribution in [0, 0.1) is 63.1 Å². The van der Waals surface area contributed by atoms with Gasteiger partial charge in [0.2, 0.25) is 0 Å². The van der Waals surface area contributed by atoms with E-state index in [1.165, 1.54) is 30.1 Å². The van der Waals surface area contributed by atoms with E-state index in [2.05, 4.69) is 53.7 Å². The first kappa shape index (κ1) is 40.7. The molecule has 3 N–H and O–H groups in total. The second-order valence-corrected chi connectivity index (χ2v) is 22.2. The number of hydrogen-bond acceptors (Lipinski definition) is 6. The van der Waals surface area contributed by atoms with Gasteiger partial charge in [-0.05, 0) is 172 Å². The zero-order valence-corrected chi connectivity index (χ0v) is 36.4. The molecule has 57 heavy (non-hydrogen) atoms. The molecule has 0 aliphatic heterocycles. The molecule has 6 saturated carbocycles. The van der Waals surface area contributed by atoms with Crippen LogP contribution < -0.4 is 0 Å². The summed E-state index contributed by atoms with van der Waals surface area (Å²) in [6.07, 6.45) is 20.9. The van der Waals surface area contributed by atoms with Crippen molar-refractivity contribution in [2.45, 2.75) is 177 Å². The van der Waals surface area contributed by atoms with Crippen molar-refractivity contribution in [2.75, 3.05) is 0 Å². The van der Waals surface area contributed by atoms with Crippen LogP contribution in [0.15, 0.2) is 29.4 Å². The van der Waals surface area contributed by atoms with E-state index in [-0.39, 0.29) is 56.1 Å². The Hall–Kier alpha value is -3.09. The SMILES string of the molecule is CC(=O)OC1CCC2(C)C(=CCC3C4CCC(=O)C4(C)CCC32)C1.Cc1c(O)c(O)cc2c1CC=C1C2(C)CCC2(C)C3CC(C)(C(=O)O)CCC3(C)CCC12C. The summed E-state index contributed by atoms with van der Waals surface area (Å²) in [4.78, 5) is 36.0. The lowest BCUT2D eigenvalue weighted by atomic mass is 9.34. The van der Waals surface area contributed by atoms with Crippen LogP contribution in [0.2, 0.25) is 0 Å². The number of phenolic OH excluding ortho intramolecular Hbond substituents is 2. The fourth-order valence-electron chi connectivity index (χ4n) is 15.6. The summed E-state index contributed by atoms with van der Waals surface area (Å²) in [5, 5.41) is 30.9. The third-order valence-corrected chi connectivity index (χ3v) is 19.7. The van der Waals surface area contributed by atoms with Crippen LogP contribution in [-0.4, -0.2) is 39.1 Å². The van der Waals surface area contributed by atoms with E-state index in [1.54, 1.807) is 0 Å². The van der Waals surface area contributed by atoms with E-state index in [0.717, 1.165) is 107 Å². The first-order valence-electron chi connectivity index (χ1n) is 22.5. The lowest BCUT2D eigenvalue weighted by Crippen LogP contribution is -2.62. The molecule has 312 valence electrons. The van der Waals surface area contributed by atoms with Gasteiger partial charge in [-0.25, -0.2) is 0 Å². The highest BCUT2D eigenvalue weighted by Crippen LogP contribution is 2.75. The third kappa shape index (κ3) is 5.71. The summed E-state index contributed by atoms with van der Waals surface area (Å²) in [5.41, 5.74) is 5.74. The van der Waals surface area contributed by atoms with E-state index in [9.17, 15) is 29.7 Å². The first-order chi connectivity index (χ1) is 26.6. The molecule has 0 heterocycles. The molecular formula is C50H70O7. The smallest absolute Gasteiger partial charge is 0.309 e. The summed E-state index contributed by atoms with van der Waals surface area (Å²) < 4.78 is 5.50. The number of fused-ring (bicyclic) bond motifs is 12. The van der Waals surface area contributed by atoms with E-state index in [0.29, 0.717) is 29.5 Å². The van der Waals surface area contributed by atoms with Crippen molar-refractivity contribution >= 4 is 17.7 Å². The highest BCUT2D eigenvalue weighted by molar-refractivity contribution is 5.87. The number of phenols is 2. The van der Waals surface area contributed by atoms with Gasteiger partial charge < -0.3 is 20.1 Å². The molecule has 0 spiro atoms. The van der Waals surface area contributed by atoms with Gasteiger partial charge in [0.15, 0.2) is 11.5 Å². The molecule has 1 aromatic carbocycles. The van der Waals surface area contributed by atoms with Gasteiger partial charge in [0.25, 0.3) is 0 Å². The van der Waals surface area contributed by atoms with E-state index >= 15 is 0 Å². The van der Waals surface area contributed by atoms with Crippen molar-refractivity contribution in [3.63, 3.8) is 0 Å². The molecule has 12 atom stereocenters. The molecule has 7 nitrogen and oxygen atoms in total. The van der Waals surface area contributed by atoms with Crippen LogP contribution in [0.4, 0.5) is 0 Å². The van der Waals surface area contributed by atoms with Crippen LogP contribution in [0.3, 0.4) is 0 Å². The number of benzene rings is 1. The minimum Gasteiger partial charge on any atom is -0.504 e. The fourth-order valence-corrected chi connectivity index (χ4v) is 15.6. The van der Waals surface area contributed by atoms with Gasteiger partial charge in [0, 0.05) is 30.6 Å². The standard InChI is InChI=1S/C29H40O4.C21H30O3/c1-17-18-7-8-21-27(4,19(18)15-20(30)23(17)31)12-14-29(6)22-16-26(3,24(32)33)10-9-25(22,2)11-13-28(21,29)5;1-13(22)24-15-8-10-20(2)14(12-15)4-5-16-17-6-7-19(23)21(17,3)11-9-18(16)20/h8,15,22,30-31H,7,9-14,16H2,1-6H3,(H,32,33);4,15-18H,5-12H2,1-3H3. The fraction of sp³-hybridized carbons (Fsp3) is 0.740. The summed E-state index contributed by atoms with van der Waals surface area (Å²) in [5.74, 6) is 2.05. The zero-order chi connectivity index (χ0) is 41.3. The Morgan fingerprint density at radius 1 is 0.825 bits per heavy atom. The molecule has 0 bridgehead atoms.